The molecule has 2 N–H and O–H groups in total. The van der Waals surface area contributed by atoms with Crippen molar-refractivity contribution >= 4 is 11.7 Å². The maximum Gasteiger partial charge on any atom is 0.240 e. The SMILES string of the molecule is C#CCNC(=O)CNc1ccc(-n2ccc(C)n2)nn1. The van der Waals surface area contributed by atoms with Crippen LogP contribution < -0.4 is 10.6 Å². The zero-order valence-corrected chi connectivity index (χ0v) is 11.0. The molecule has 0 saturated carbocycles. The average molecular weight is 270 g/mol. The second-order valence-corrected chi connectivity index (χ2v) is 4.01. The standard InChI is InChI=1S/C13H14N6O/c1-3-7-14-13(20)9-15-11-4-5-12(17-16-11)19-8-6-10(2)18-19/h1,4-6,8H,7,9H2,2H3,(H,14,20)(H,15,16). The molecule has 2 aromatic rings. The summed E-state index contributed by atoms with van der Waals surface area (Å²) in [5, 5.41) is 17.6. The van der Waals surface area contributed by atoms with Gasteiger partial charge >= 0.3 is 0 Å². The van der Waals surface area contributed by atoms with E-state index in [-0.39, 0.29) is 19.0 Å². The number of hydrogen-bond donors (Lipinski definition) is 2. The molecule has 2 aromatic heterocycles. The van der Waals surface area contributed by atoms with Crippen LogP contribution in [0.2, 0.25) is 0 Å². The van der Waals surface area contributed by atoms with E-state index in [1.807, 2.05) is 13.0 Å². The summed E-state index contributed by atoms with van der Waals surface area (Å²) in [5.41, 5.74) is 0.902. The molecule has 7 nitrogen and oxygen atoms in total. The summed E-state index contributed by atoms with van der Waals surface area (Å²) in [5.74, 6) is 3.25. The van der Waals surface area contributed by atoms with Gasteiger partial charge in [0.25, 0.3) is 0 Å². The third kappa shape index (κ3) is 3.55. The minimum absolute atomic E-state index is 0.0938. The smallest absolute Gasteiger partial charge is 0.240 e. The Labute approximate surface area is 116 Å². The molecule has 1 amide bonds. The van der Waals surface area contributed by atoms with Gasteiger partial charge in [-0.15, -0.1) is 16.6 Å². The van der Waals surface area contributed by atoms with E-state index in [9.17, 15) is 4.79 Å². The van der Waals surface area contributed by atoms with Crippen molar-refractivity contribution in [2.75, 3.05) is 18.4 Å². The van der Waals surface area contributed by atoms with Crippen molar-refractivity contribution in [3.05, 3.63) is 30.1 Å². The quantitative estimate of drug-likeness (QED) is 0.754. The third-order valence-electron chi connectivity index (χ3n) is 2.43. The van der Waals surface area contributed by atoms with Crippen LogP contribution in [0.1, 0.15) is 5.69 Å². The molecule has 2 heterocycles. The van der Waals surface area contributed by atoms with Gasteiger partial charge in [-0.3, -0.25) is 4.79 Å². The number of anilines is 1. The van der Waals surface area contributed by atoms with Gasteiger partial charge < -0.3 is 10.6 Å². The summed E-state index contributed by atoms with van der Waals surface area (Å²) < 4.78 is 1.63. The van der Waals surface area contributed by atoms with E-state index in [0.717, 1.165) is 5.69 Å². The predicted octanol–water partition coefficient (Wildman–Crippen LogP) is 0.132. The van der Waals surface area contributed by atoms with Crippen LogP contribution in [-0.4, -0.2) is 39.0 Å². The summed E-state index contributed by atoms with van der Waals surface area (Å²) >= 11 is 0. The molecule has 0 atom stereocenters. The Morgan fingerprint density at radius 1 is 1.40 bits per heavy atom. The Hall–Kier alpha value is -2.88. The van der Waals surface area contributed by atoms with E-state index in [1.165, 1.54) is 0 Å². The number of hydrogen-bond acceptors (Lipinski definition) is 5. The number of carbonyl (C=O) groups is 1. The van der Waals surface area contributed by atoms with Crippen LogP contribution in [0.15, 0.2) is 24.4 Å². The molecule has 0 unspecified atom stereocenters. The molecular weight excluding hydrogens is 256 g/mol. The van der Waals surface area contributed by atoms with Gasteiger partial charge in [0.15, 0.2) is 5.82 Å². The van der Waals surface area contributed by atoms with E-state index in [2.05, 4.69) is 31.9 Å². The summed E-state index contributed by atoms with van der Waals surface area (Å²) in [6.45, 7) is 2.20. The number of amides is 1. The van der Waals surface area contributed by atoms with Gasteiger partial charge in [0.2, 0.25) is 5.91 Å². The van der Waals surface area contributed by atoms with E-state index in [4.69, 9.17) is 6.42 Å². The first-order valence-electron chi connectivity index (χ1n) is 5.99. The first kappa shape index (κ1) is 13.5. The highest BCUT2D eigenvalue weighted by Crippen LogP contribution is 2.06. The van der Waals surface area contributed by atoms with Gasteiger partial charge in [-0.2, -0.15) is 5.10 Å². The van der Waals surface area contributed by atoms with Crippen molar-refractivity contribution < 1.29 is 4.79 Å². The number of carbonyl (C=O) groups excluding carboxylic acids is 1. The fraction of sp³-hybridized carbons (Fsp3) is 0.231. The van der Waals surface area contributed by atoms with Gasteiger partial charge in [0.05, 0.1) is 18.8 Å². The van der Waals surface area contributed by atoms with Crippen molar-refractivity contribution in [2.45, 2.75) is 6.92 Å². The molecule has 0 fully saturated rings. The molecule has 0 aliphatic rings. The topological polar surface area (TPSA) is 84.7 Å². The van der Waals surface area contributed by atoms with Crippen LogP contribution in [-0.2, 0) is 4.79 Å². The zero-order chi connectivity index (χ0) is 14.4. The highest BCUT2D eigenvalue weighted by Gasteiger charge is 2.03. The normalized spacial score (nSPS) is 9.80. The van der Waals surface area contributed by atoms with Crippen molar-refractivity contribution in [1.82, 2.24) is 25.3 Å². The molecule has 0 radical (unpaired) electrons. The first-order chi connectivity index (χ1) is 9.69. The van der Waals surface area contributed by atoms with Gasteiger partial charge in [-0.05, 0) is 25.1 Å². The fourth-order valence-corrected chi connectivity index (χ4v) is 1.47. The molecule has 0 aliphatic carbocycles. The second-order valence-electron chi connectivity index (χ2n) is 4.01. The van der Waals surface area contributed by atoms with E-state index in [1.54, 1.807) is 23.0 Å². The van der Waals surface area contributed by atoms with E-state index < -0.39 is 0 Å². The number of nitrogens with zero attached hydrogens (tertiary/aromatic N) is 4. The van der Waals surface area contributed by atoms with E-state index >= 15 is 0 Å². The van der Waals surface area contributed by atoms with Crippen LogP contribution in [0.25, 0.3) is 5.82 Å². The van der Waals surface area contributed by atoms with Crippen molar-refractivity contribution in [3.8, 4) is 18.2 Å². The van der Waals surface area contributed by atoms with Crippen LogP contribution >= 0.6 is 0 Å². The largest absolute Gasteiger partial charge is 0.360 e. The summed E-state index contributed by atoms with van der Waals surface area (Å²) in [4.78, 5) is 11.3. The van der Waals surface area contributed by atoms with Gasteiger partial charge in [-0.1, -0.05) is 5.92 Å². The van der Waals surface area contributed by atoms with Crippen LogP contribution in [0.3, 0.4) is 0 Å². The molecule has 0 aromatic carbocycles. The lowest BCUT2D eigenvalue weighted by molar-refractivity contribution is -0.119. The molecule has 0 saturated heterocycles. The lowest BCUT2D eigenvalue weighted by Crippen LogP contribution is -2.30. The second kappa shape index (κ2) is 6.33. The maximum atomic E-state index is 11.3. The highest BCUT2D eigenvalue weighted by atomic mass is 16.1. The van der Waals surface area contributed by atoms with Crippen LogP contribution in [0.5, 0.6) is 0 Å². The summed E-state index contributed by atoms with van der Waals surface area (Å²) in [6, 6.07) is 5.37. The Morgan fingerprint density at radius 2 is 2.25 bits per heavy atom. The highest BCUT2D eigenvalue weighted by molar-refractivity contribution is 5.80. The van der Waals surface area contributed by atoms with Gasteiger partial charge in [0.1, 0.15) is 5.82 Å². The maximum absolute atomic E-state index is 11.3. The van der Waals surface area contributed by atoms with Crippen LogP contribution in [0, 0.1) is 19.3 Å². The monoisotopic (exact) mass is 270 g/mol. The summed E-state index contributed by atoms with van der Waals surface area (Å²) in [6.07, 6.45) is 6.85. The van der Waals surface area contributed by atoms with Crippen molar-refractivity contribution in [3.63, 3.8) is 0 Å². The number of terminal acetylenes is 1. The minimum atomic E-state index is -0.198. The lowest BCUT2D eigenvalue weighted by Gasteiger charge is -2.05. The van der Waals surface area contributed by atoms with Crippen molar-refractivity contribution in [1.29, 1.82) is 0 Å². The third-order valence-corrected chi connectivity index (χ3v) is 2.43. The van der Waals surface area contributed by atoms with E-state index in [0.29, 0.717) is 11.6 Å². The molecule has 20 heavy (non-hydrogen) atoms. The zero-order valence-electron chi connectivity index (χ0n) is 11.0. The lowest BCUT2D eigenvalue weighted by atomic mass is 10.4. The number of aromatic nitrogens is 4. The number of aryl methyl sites for hydroxylation is 1. The molecule has 7 heteroatoms. The van der Waals surface area contributed by atoms with Gasteiger partial charge in [-0.25, -0.2) is 4.68 Å². The fourth-order valence-electron chi connectivity index (χ4n) is 1.47. The Bertz CT molecular complexity index is 625. The van der Waals surface area contributed by atoms with Gasteiger partial charge in [0, 0.05) is 6.20 Å². The molecule has 0 spiro atoms. The predicted molar refractivity (Wildman–Crippen MR) is 74.2 cm³/mol. The molecular formula is C13H14N6O. The Kier molecular flexibility index (Phi) is 4.29. The molecule has 102 valence electrons. The Morgan fingerprint density at radius 3 is 2.85 bits per heavy atom. The molecule has 0 aliphatic heterocycles. The molecule has 0 bridgehead atoms. The number of rotatable bonds is 5. The van der Waals surface area contributed by atoms with Crippen LogP contribution in [0.4, 0.5) is 5.82 Å². The van der Waals surface area contributed by atoms with Crippen molar-refractivity contribution in [2.24, 2.45) is 0 Å². The average Bonchev–Trinajstić information content (AvgIpc) is 2.90. The minimum Gasteiger partial charge on any atom is -0.360 e. The summed E-state index contributed by atoms with van der Waals surface area (Å²) in [7, 11) is 0. The first-order valence-corrected chi connectivity index (χ1v) is 5.99. The molecule has 2 rings (SSSR count). The number of nitrogens with one attached hydrogen (secondary N) is 2. The Balaban J connectivity index is 1.92.